The Bertz CT molecular complexity index is 1650. The van der Waals surface area contributed by atoms with Crippen LogP contribution in [-0.4, -0.2) is 94.1 Å². The van der Waals surface area contributed by atoms with Gasteiger partial charge in [-0.25, -0.2) is 0 Å². The van der Waals surface area contributed by atoms with E-state index in [4.69, 9.17) is 23.7 Å². The van der Waals surface area contributed by atoms with E-state index in [1.165, 1.54) is 49.5 Å². The molecular weight excluding hydrogens is 640 g/mol. The number of anilines is 1. The number of amides is 1. The molecule has 1 saturated heterocycles. The maximum Gasteiger partial charge on any atom is 0.297 e. The number of benzene rings is 2. The highest BCUT2D eigenvalue weighted by Crippen LogP contribution is 2.41. The lowest BCUT2D eigenvalue weighted by atomic mass is 9.99. The van der Waals surface area contributed by atoms with Gasteiger partial charge in [-0.3, -0.25) is 9.59 Å². The van der Waals surface area contributed by atoms with Crippen LogP contribution in [0, 0.1) is 0 Å². The molecule has 14 heteroatoms. The van der Waals surface area contributed by atoms with Gasteiger partial charge in [0.1, 0.15) is 24.4 Å². The maximum absolute atomic E-state index is 13.0. The first kappa shape index (κ1) is 37.5. The summed E-state index contributed by atoms with van der Waals surface area (Å²) in [4.78, 5) is 25.9. The summed E-state index contributed by atoms with van der Waals surface area (Å²) in [5.41, 5.74) is 0.780. The molecule has 1 fully saturated rings. The van der Waals surface area contributed by atoms with E-state index in [1.54, 1.807) is 25.2 Å². The van der Waals surface area contributed by atoms with Crippen LogP contribution in [0.4, 0.5) is 5.69 Å². The van der Waals surface area contributed by atoms with E-state index >= 15 is 0 Å². The third kappa shape index (κ3) is 8.83. The summed E-state index contributed by atoms with van der Waals surface area (Å²) in [5.74, 6) is -0.546. The first-order valence-corrected chi connectivity index (χ1v) is 16.2. The zero-order valence-electron chi connectivity index (χ0n) is 28.1. The molecule has 1 aromatic heterocycles. The fourth-order valence-corrected chi connectivity index (χ4v) is 5.51. The number of carbonyl (C=O) groups is 1. The summed E-state index contributed by atoms with van der Waals surface area (Å²) in [7, 11) is 4.30. The van der Waals surface area contributed by atoms with E-state index in [0.717, 1.165) is 32.1 Å². The number of aryl methyl sites for hydroxylation is 1. The molecule has 0 radical (unpaired) electrons. The molecule has 49 heavy (non-hydrogen) atoms. The fourth-order valence-electron chi connectivity index (χ4n) is 5.51. The highest BCUT2D eigenvalue weighted by Gasteiger charge is 2.45. The molecular formula is C35H46N2O12. The molecule has 3 aromatic rings. The van der Waals surface area contributed by atoms with Crippen LogP contribution in [0.15, 0.2) is 41.2 Å². The highest BCUT2D eigenvalue weighted by molar-refractivity contribution is 6.03. The minimum Gasteiger partial charge on any atom is -0.504 e. The zero-order chi connectivity index (χ0) is 35.7. The van der Waals surface area contributed by atoms with Crippen molar-refractivity contribution in [2.45, 2.75) is 76.2 Å². The Morgan fingerprint density at radius 2 is 1.63 bits per heavy atom. The van der Waals surface area contributed by atoms with E-state index < -0.39 is 48.8 Å². The molecule has 6 N–H and O–H groups in total. The molecule has 268 valence electrons. The second kappa shape index (κ2) is 17.4. The number of aliphatic hydroxyl groups excluding tert-OH is 4. The summed E-state index contributed by atoms with van der Waals surface area (Å²) in [6, 6.07) is 7.85. The van der Waals surface area contributed by atoms with Crippen LogP contribution >= 0.6 is 0 Å². The standard InChI is InChI=1S/C35H46N2O12/c1-5-6-7-8-9-10-15-47-33-28(40)22-13-12-21(18-23(22)37(2)34(33)44)36-27(39)14-11-20-16-24(45-3)32(25(17-20)46-4)49-35-31(43)30(42)29(41)26(19-38)48-35/h11-14,16-18,26,29-31,35,38,40-43H,5-10,15,19H2,1-4H3,(H,36,39)/t26-,29-,30+,31-,35+/m1/s1. The number of ether oxygens (including phenoxy) is 5. The number of pyridine rings is 1. The third-order valence-electron chi connectivity index (χ3n) is 8.33. The van der Waals surface area contributed by atoms with Gasteiger partial charge in [0.25, 0.3) is 5.56 Å². The number of methoxy groups -OCH3 is 2. The van der Waals surface area contributed by atoms with E-state index in [9.17, 15) is 35.1 Å². The molecule has 0 aliphatic carbocycles. The predicted octanol–water partition coefficient (Wildman–Crippen LogP) is 2.83. The molecule has 1 aliphatic heterocycles. The maximum atomic E-state index is 13.0. The van der Waals surface area contributed by atoms with Crippen LogP contribution in [0.3, 0.4) is 0 Å². The molecule has 2 aromatic carbocycles. The van der Waals surface area contributed by atoms with Crippen molar-refractivity contribution in [3.8, 4) is 28.7 Å². The number of aromatic hydroxyl groups is 1. The molecule has 1 aliphatic rings. The van der Waals surface area contributed by atoms with Crippen molar-refractivity contribution >= 4 is 28.6 Å². The highest BCUT2D eigenvalue weighted by atomic mass is 16.7. The SMILES string of the molecule is CCCCCCCCOc1c(O)c2ccc(NC(=O)C=Cc3cc(OC)c(O[C@@H]4O[C@H](CO)[C@@H](O)[C@H](O)[C@H]4O)c(OC)c3)cc2n(C)c1=O. The Hall–Kier alpha value is -4.34. The molecule has 0 spiro atoms. The van der Waals surface area contributed by atoms with Crippen molar-refractivity contribution in [3.05, 3.63) is 52.3 Å². The van der Waals surface area contributed by atoms with Crippen LogP contribution in [0.1, 0.15) is 51.0 Å². The van der Waals surface area contributed by atoms with E-state index in [1.807, 2.05) is 0 Å². The molecule has 14 nitrogen and oxygen atoms in total. The fraction of sp³-hybridized carbons (Fsp3) is 0.486. The Morgan fingerprint density at radius 1 is 0.959 bits per heavy atom. The lowest BCUT2D eigenvalue weighted by molar-refractivity contribution is -0.277. The third-order valence-corrected chi connectivity index (χ3v) is 8.33. The van der Waals surface area contributed by atoms with Crippen molar-refractivity contribution < 1.29 is 54.0 Å². The number of aliphatic hydroxyl groups is 4. The number of nitrogens with one attached hydrogen (secondary N) is 1. The second-order valence-corrected chi connectivity index (χ2v) is 11.8. The van der Waals surface area contributed by atoms with Gasteiger partial charge in [0.2, 0.25) is 23.7 Å². The quantitative estimate of drug-likeness (QED) is 0.0953. The van der Waals surface area contributed by atoms with E-state index in [0.29, 0.717) is 28.8 Å². The number of hydrogen-bond donors (Lipinski definition) is 6. The van der Waals surface area contributed by atoms with Crippen LogP contribution in [0.2, 0.25) is 0 Å². The first-order valence-electron chi connectivity index (χ1n) is 16.2. The van der Waals surface area contributed by atoms with E-state index in [-0.39, 0.29) is 28.7 Å². The molecule has 0 bridgehead atoms. The van der Waals surface area contributed by atoms with Gasteiger partial charge in [-0.05, 0) is 48.4 Å². The number of hydrogen-bond acceptors (Lipinski definition) is 12. The Morgan fingerprint density at radius 3 is 2.29 bits per heavy atom. The summed E-state index contributed by atoms with van der Waals surface area (Å²) in [6.45, 7) is 1.86. The van der Waals surface area contributed by atoms with Gasteiger partial charge in [0, 0.05) is 24.2 Å². The minimum atomic E-state index is -1.65. The van der Waals surface area contributed by atoms with Crippen LogP contribution < -0.4 is 29.8 Å². The summed E-state index contributed by atoms with van der Waals surface area (Å²) in [5, 5.41) is 54.1. The van der Waals surface area contributed by atoms with Gasteiger partial charge < -0.3 is 59.1 Å². The van der Waals surface area contributed by atoms with Gasteiger partial charge in [-0.15, -0.1) is 0 Å². The predicted molar refractivity (Wildman–Crippen MR) is 181 cm³/mol. The normalized spacial score (nSPS) is 20.8. The molecule has 5 atom stereocenters. The van der Waals surface area contributed by atoms with Gasteiger partial charge >= 0.3 is 0 Å². The van der Waals surface area contributed by atoms with Crippen molar-refractivity contribution in [2.24, 2.45) is 7.05 Å². The monoisotopic (exact) mass is 686 g/mol. The number of unbranched alkanes of at least 4 members (excludes halogenated alkanes) is 5. The first-order chi connectivity index (χ1) is 23.5. The summed E-state index contributed by atoms with van der Waals surface area (Å²) in [6.07, 6.45) is 1.65. The van der Waals surface area contributed by atoms with Crippen molar-refractivity contribution in [1.29, 1.82) is 0 Å². The van der Waals surface area contributed by atoms with Crippen LogP contribution in [0.25, 0.3) is 17.0 Å². The van der Waals surface area contributed by atoms with Gasteiger partial charge in [-0.2, -0.15) is 0 Å². The van der Waals surface area contributed by atoms with Crippen molar-refractivity contribution in [3.63, 3.8) is 0 Å². The Labute approximate surface area is 284 Å². The summed E-state index contributed by atoms with van der Waals surface area (Å²) >= 11 is 0. The number of fused-ring (bicyclic) bond motifs is 1. The lowest BCUT2D eigenvalue weighted by Crippen LogP contribution is -2.60. The smallest absolute Gasteiger partial charge is 0.297 e. The van der Waals surface area contributed by atoms with Crippen molar-refractivity contribution in [2.75, 3.05) is 32.8 Å². The number of aromatic nitrogens is 1. The molecule has 2 heterocycles. The summed E-state index contributed by atoms with van der Waals surface area (Å²) < 4.78 is 29.2. The van der Waals surface area contributed by atoms with Crippen molar-refractivity contribution in [1.82, 2.24) is 4.57 Å². The minimum absolute atomic E-state index is 0.0110. The average molecular weight is 687 g/mol. The topological polar surface area (TPSA) is 198 Å². The number of nitrogens with zero attached hydrogens (tertiary/aromatic N) is 1. The molecule has 4 rings (SSSR count). The molecule has 0 saturated carbocycles. The van der Waals surface area contributed by atoms with Gasteiger partial charge in [0.15, 0.2) is 17.2 Å². The largest absolute Gasteiger partial charge is 0.504 e. The zero-order valence-corrected chi connectivity index (χ0v) is 28.1. The van der Waals surface area contributed by atoms with Gasteiger partial charge in [0.05, 0.1) is 33.0 Å². The Balaban J connectivity index is 1.46. The molecule has 1 amide bonds. The average Bonchev–Trinajstić information content (AvgIpc) is 3.10. The van der Waals surface area contributed by atoms with Crippen LogP contribution in [0.5, 0.6) is 28.7 Å². The lowest BCUT2D eigenvalue weighted by Gasteiger charge is -2.39. The number of carbonyl (C=O) groups excluding carboxylic acids is 1. The van der Waals surface area contributed by atoms with E-state index in [2.05, 4.69) is 12.2 Å². The van der Waals surface area contributed by atoms with Gasteiger partial charge in [-0.1, -0.05) is 39.0 Å². The van der Waals surface area contributed by atoms with Crippen LogP contribution in [-0.2, 0) is 16.6 Å². The second-order valence-electron chi connectivity index (χ2n) is 11.8. The number of rotatable bonds is 16. The molecule has 0 unspecified atom stereocenters. The Kier molecular flexibility index (Phi) is 13.3.